The van der Waals surface area contributed by atoms with Crippen molar-refractivity contribution in [3.05, 3.63) is 57.0 Å². The zero-order valence-electron chi connectivity index (χ0n) is 12.6. The van der Waals surface area contributed by atoms with E-state index in [9.17, 15) is 4.79 Å². The minimum Gasteiger partial charge on any atom is -0.480 e. The number of anilines is 1. The Bertz CT molecular complexity index is 703. The van der Waals surface area contributed by atoms with E-state index >= 15 is 0 Å². The summed E-state index contributed by atoms with van der Waals surface area (Å²) >= 11 is 9.26. The zero-order chi connectivity index (χ0) is 16.3. The Balaban J connectivity index is 2.05. The molecule has 0 radical (unpaired) electrons. The maximum Gasteiger partial charge on any atom is 0.265 e. The molecule has 3 nitrogen and oxygen atoms in total. The van der Waals surface area contributed by atoms with Gasteiger partial charge in [-0.1, -0.05) is 29.3 Å². The van der Waals surface area contributed by atoms with Gasteiger partial charge < -0.3 is 10.1 Å². The van der Waals surface area contributed by atoms with Crippen LogP contribution in [0.4, 0.5) is 5.69 Å². The first kappa shape index (κ1) is 16.8. The molecule has 1 amide bonds. The van der Waals surface area contributed by atoms with Gasteiger partial charge in [-0.3, -0.25) is 4.79 Å². The maximum atomic E-state index is 12.3. The highest BCUT2D eigenvalue weighted by Crippen LogP contribution is 2.29. The number of halogens is 2. The number of rotatable bonds is 4. The summed E-state index contributed by atoms with van der Waals surface area (Å²) in [5.74, 6) is 0.376. The molecule has 1 N–H and O–H groups in total. The quantitative estimate of drug-likeness (QED) is 0.796. The Morgan fingerprint density at radius 1 is 1.23 bits per heavy atom. The van der Waals surface area contributed by atoms with Crippen LogP contribution >= 0.6 is 27.5 Å². The van der Waals surface area contributed by atoms with Crippen molar-refractivity contribution in [1.29, 1.82) is 0 Å². The van der Waals surface area contributed by atoms with Gasteiger partial charge in [0.05, 0.1) is 4.47 Å². The van der Waals surface area contributed by atoms with Gasteiger partial charge in [0, 0.05) is 10.7 Å². The number of benzene rings is 2. The topological polar surface area (TPSA) is 38.3 Å². The fourth-order valence-electron chi connectivity index (χ4n) is 2.00. The number of carbonyl (C=O) groups excluding carboxylic acids is 1. The molecule has 0 aliphatic rings. The lowest BCUT2D eigenvalue weighted by molar-refractivity contribution is -0.122. The van der Waals surface area contributed by atoms with Crippen LogP contribution in [0, 0.1) is 13.8 Å². The van der Waals surface area contributed by atoms with E-state index < -0.39 is 6.10 Å². The molecule has 0 heterocycles. The number of amides is 1. The Hall–Kier alpha value is -1.52. The average molecular weight is 383 g/mol. The second-order valence-electron chi connectivity index (χ2n) is 5.14. The largest absolute Gasteiger partial charge is 0.480 e. The second kappa shape index (κ2) is 7.16. The van der Waals surface area contributed by atoms with Crippen LogP contribution in [0.1, 0.15) is 18.1 Å². The third-order valence-electron chi connectivity index (χ3n) is 3.21. The lowest BCUT2D eigenvalue weighted by Crippen LogP contribution is -2.30. The molecule has 0 saturated carbocycles. The predicted octanol–water partition coefficient (Wildman–Crippen LogP) is 5.13. The van der Waals surface area contributed by atoms with Crippen molar-refractivity contribution < 1.29 is 9.53 Å². The number of hydrogen-bond donors (Lipinski definition) is 1. The highest BCUT2D eigenvalue weighted by Gasteiger charge is 2.17. The normalized spacial score (nSPS) is 11.9. The molecule has 0 bridgehead atoms. The van der Waals surface area contributed by atoms with Gasteiger partial charge in [-0.2, -0.15) is 0 Å². The van der Waals surface area contributed by atoms with Crippen LogP contribution in [-0.4, -0.2) is 12.0 Å². The maximum absolute atomic E-state index is 12.3. The molecule has 116 valence electrons. The van der Waals surface area contributed by atoms with Crippen LogP contribution < -0.4 is 10.1 Å². The van der Waals surface area contributed by atoms with E-state index in [0.29, 0.717) is 15.2 Å². The molecule has 1 unspecified atom stereocenters. The van der Waals surface area contributed by atoms with Gasteiger partial charge >= 0.3 is 0 Å². The summed E-state index contributed by atoms with van der Waals surface area (Å²) in [5, 5.41) is 3.49. The van der Waals surface area contributed by atoms with Crippen molar-refractivity contribution in [2.45, 2.75) is 26.9 Å². The molecule has 0 spiro atoms. The summed E-state index contributed by atoms with van der Waals surface area (Å²) in [7, 11) is 0. The minimum atomic E-state index is -0.627. The predicted molar refractivity (Wildman–Crippen MR) is 93.8 cm³/mol. The zero-order valence-corrected chi connectivity index (χ0v) is 15.0. The van der Waals surface area contributed by atoms with E-state index in [-0.39, 0.29) is 5.91 Å². The van der Waals surface area contributed by atoms with Gasteiger partial charge in [0.2, 0.25) is 0 Å². The molecule has 22 heavy (non-hydrogen) atoms. The van der Waals surface area contributed by atoms with Crippen LogP contribution in [0.25, 0.3) is 0 Å². The number of ether oxygens (including phenoxy) is 1. The first-order chi connectivity index (χ1) is 10.4. The summed E-state index contributed by atoms with van der Waals surface area (Å²) in [6.07, 6.45) is -0.627. The SMILES string of the molecule is Cc1ccc(NC(=O)C(C)Oc2ccc(Cl)cc2Br)c(C)c1. The average Bonchev–Trinajstić information content (AvgIpc) is 2.44. The summed E-state index contributed by atoms with van der Waals surface area (Å²) in [6.45, 7) is 5.69. The van der Waals surface area contributed by atoms with Gasteiger partial charge in [0.15, 0.2) is 6.10 Å². The summed E-state index contributed by atoms with van der Waals surface area (Å²) in [4.78, 5) is 12.3. The summed E-state index contributed by atoms with van der Waals surface area (Å²) < 4.78 is 6.39. The Morgan fingerprint density at radius 3 is 2.59 bits per heavy atom. The van der Waals surface area contributed by atoms with Crippen molar-refractivity contribution >= 4 is 39.1 Å². The van der Waals surface area contributed by atoms with E-state index in [2.05, 4.69) is 21.2 Å². The van der Waals surface area contributed by atoms with Gasteiger partial charge in [0.1, 0.15) is 5.75 Å². The van der Waals surface area contributed by atoms with E-state index in [4.69, 9.17) is 16.3 Å². The van der Waals surface area contributed by atoms with Crippen LogP contribution in [0.2, 0.25) is 5.02 Å². The molecule has 0 aliphatic carbocycles. The Kier molecular flexibility index (Phi) is 5.48. The van der Waals surface area contributed by atoms with Crippen LogP contribution in [0.15, 0.2) is 40.9 Å². The number of carbonyl (C=O) groups is 1. The van der Waals surface area contributed by atoms with Crippen LogP contribution in [-0.2, 0) is 4.79 Å². The summed E-state index contributed by atoms with van der Waals surface area (Å²) in [6, 6.07) is 11.1. The third-order valence-corrected chi connectivity index (χ3v) is 4.06. The summed E-state index contributed by atoms with van der Waals surface area (Å²) in [5.41, 5.74) is 2.97. The second-order valence-corrected chi connectivity index (χ2v) is 6.43. The van der Waals surface area contributed by atoms with E-state index in [1.54, 1.807) is 25.1 Å². The number of nitrogens with one attached hydrogen (secondary N) is 1. The fraction of sp³-hybridized carbons (Fsp3) is 0.235. The van der Waals surface area contributed by atoms with Crippen molar-refractivity contribution in [2.75, 3.05) is 5.32 Å². The van der Waals surface area contributed by atoms with Crippen LogP contribution in [0.5, 0.6) is 5.75 Å². The van der Waals surface area contributed by atoms with Gasteiger partial charge in [0.25, 0.3) is 5.91 Å². The molecular weight excluding hydrogens is 366 g/mol. The van der Waals surface area contributed by atoms with Gasteiger partial charge in [-0.15, -0.1) is 0 Å². The lowest BCUT2D eigenvalue weighted by atomic mass is 10.1. The van der Waals surface area contributed by atoms with E-state index in [1.165, 1.54) is 0 Å². The molecule has 2 aromatic rings. The monoisotopic (exact) mass is 381 g/mol. The number of hydrogen-bond acceptors (Lipinski definition) is 2. The Morgan fingerprint density at radius 2 is 1.95 bits per heavy atom. The molecule has 2 rings (SSSR count). The molecular formula is C17H17BrClNO2. The first-order valence-electron chi connectivity index (χ1n) is 6.86. The van der Waals surface area contributed by atoms with Crippen molar-refractivity contribution in [3.63, 3.8) is 0 Å². The standard InChI is InChI=1S/C17H17BrClNO2/c1-10-4-6-15(11(2)8-10)20-17(21)12(3)22-16-7-5-13(19)9-14(16)18/h4-9,12H,1-3H3,(H,20,21). The van der Waals surface area contributed by atoms with E-state index in [0.717, 1.165) is 16.8 Å². The Labute approximate surface area is 143 Å². The molecule has 2 aromatic carbocycles. The van der Waals surface area contributed by atoms with Gasteiger partial charge in [-0.05, 0) is 66.5 Å². The van der Waals surface area contributed by atoms with Crippen molar-refractivity contribution in [2.24, 2.45) is 0 Å². The first-order valence-corrected chi connectivity index (χ1v) is 8.03. The molecule has 0 fully saturated rings. The van der Waals surface area contributed by atoms with E-state index in [1.807, 2.05) is 32.0 Å². The molecule has 0 aromatic heterocycles. The van der Waals surface area contributed by atoms with Crippen LogP contribution in [0.3, 0.4) is 0 Å². The fourth-order valence-corrected chi connectivity index (χ4v) is 2.78. The highest BCUT2D eigenvalue weighted by molar-refractivity contribution is 9.10. The van der Waals surface area contributed by atoms with Gasteiger partial charge in [-0.25, -0.2) is 0 Å². The molecule has 0 saturated heterocycles. The third kappa shape index (κ3) is 4.24. The smallest absolute Gasteiger partial charge is 0.265 e. The number of aryl methyl sites for hydroxylation is 2. The highest BCUT2D eigenvalue weighted by atomic mass is 79.9. The van der Waals surface area contributed by atoms with Crippen molar-refractivity contribution in [3.8, 4) is 5.75 Å². The lowest BCUT2D eigenvalue weighted by Gasteiger charge is -2.17. The van der Waals surface area contributed by atoms with Crippen molar-refractivity contribution in [1.82, 2.24) is 0 Å². The molecule has 1 atom stereocenters. The minimum absolute atomic E-state index is 0.200. The molecule has 0 aliphatic heterocycles. The molecule has 5 heteroatoms.